The molecule has 0 heterocycles. The highest BCUT2D eigenvalue weighted by Crippen LogP contribution is 2.44. The van der Waals surface area contributed by atoms with Crippen LogP contribution in [0.1, 0.15) is 65.2 Å². The van der Waals surface area contributed by atoms with Crippen molar-refractivity contribution in [1.82, 2.24) is 0 Å². The van der Waals surface area contributed by atoms with Crippen LogP contribution in [0.4, 0.5) is 0 Å². The van der Waals surface area contributed by atoms with E-state index < -0.39 is 0 Å². The maximum atomic E-state index is 11.8. The van der Waals surface area contributed by atoms with Crippen molar-refractivity contribution >= 4 is 17.7 Å². The van der Waals surface area contributed by atoms with E-state index in [9.17, 15) is 4.79 Å². The Hall–Kier alpha value is 0.0200. The number of rotatable bonds is 5. The molecule has 0 aromatic rings. The number of thiol groups is 1. The predicted octanol–water partition coefficient (Wildman–Crippen LogP) is 4.22. The zero-order valence-electron chi connectivity index (χ0n) is 10.1. The van der Waals surface area contributed by atoms with Crippen LogP contribution in [0, 0.1) is 11.3 Å². The molecule has 0 radical (unpaired) electrons. The molecule has 0 aliphatic heterocycles. The van der Waals surface area contributed by atoms with Gasteiger partial charge in [0.15, 0.2) is 5.12 Å². The van der Waals surface area contributed by atoms with Gasteiger partial charge in [-0.25, -0.2) is 0 Å². The molecule has 1 fully saturated rings. The standard InChI is InChI=1S/C13H24OS/c1-3-11(4-2)10-13(12(14)15)8-6-5-7-9-13/h11H,3-10H2,1-2H3,(H,14,15). The van der Waals surface area contributed by atoms with Crippen LogP contribution < -0.4 is 0 Å². The highest BCUT2D eigenvalue weighted by atomic mass is 32.1. The van der Waals surface area contributed by atoms with Crippen LogP contribution in [-0.4, -0.2) is 5.12 Å². The molecule has 0 spiro atoms. The summed E-state index contributed by atoms with van der Waals surface area (Å²) in [5, 5.41) is 0.147. The normalized spacial score (nSPS) is 20.5. The van der Waals surface area contributed by atoms with Crippen LogP contribution in [0.25, 0.3) is 0 Å². The Morgan fingerprint density at radius 3 is 2.13 bits per heavy atom. The number of carbonyl (C=O) groups is 1. The highest BCUT2D eigenvalue weighted by molar-refractivity contribution is 7.96. The molecule has 0 aromatic carbocycles. The maximum Gasteiger partial charge on any atom is 0.192 e. The second-order valence-electron chi connectivity index (χ2n) is 5.03. The van der Waals surface area contributed by atoms with Gasteiger partial charge in [-0.3, -0.25) is 4.79 Å². The number of carbonyl (C=O) groups excluding carboxylic acids is 1. The molecule has 0 saturated heterocycles. The van der Waals surface area contributed by atoms with Crippen molar-refractivity contribution in [1.29, 1.82) is 0 Å². The zero-order valence-corrected chi connectivity index (χ0v) is 11.0. The van der Waals surface area contributed by atoms with E-state index in [4.69, 9.17) is 0 Å². The lowest BCUT2D eigenvalue weighted by molar-refractivity contribution is -0.122. The summed E-state index contributed by atoms with van der Waals surface area (Å²) < 4.78 is 0. The fraction of sp³-hybridized carbons (Fsp3) is 0.923. The summed E-state index contributed by atoms with van der Waals surface area (Å²) in [5.41, 5.74) is -0.0714. The largest absolute Gasteiger partial charge is 0.287 e. The van der Waals surface area contributed by atoms with E-state index in [0.717, 1.165) is 19.3 Å². The minimum Gasteiger partial charge on any atom is -0.287 e. The van der Waals surface area contributed by atoms with Crippen molar-refractivity contribution in [2.24, 2.45) is 11.3 Å². The molecule has 1 aliphatic carbocycles. The molecule has 88 valence electrons. The Bertz CT molecular complexity index is 203. The van der Waals surface area contributed by atoms with Crippen molar-refractivity contribution in [3.8, 4) is 0 Å². The van der Waals surface area contributed by atoms with Gasteiger partial charge in [0.1, 0.15) is 0 Å². The lowest BCUT2D eigenvalue weighted by Crippen LogP contribution is -2.32. The Morgan fingerprint density at radius 2 is 1.73 bits per heavy atom. The monoisotopic (exact) mass is 228 g/mol. The third-order valence-corrected chi connectivity index (χ3v) is 4.57. The minimum absolute atomic E-state index is 0.0714. The molecule has 0 atom stereocenters. The molecule has 15 heavy (non-hydrogen) atoms. The topological polar surface area (TPSA) is 17.1 Å². The SMILES string of the molecule is CCC(CC)CC1(C(=O)S)CCCCC1. The van der Waals surface area contributed by atoms with E-state index >= 15 is 0 Å². The van der Waals surface area contributed by atoms with Crippen molar-refractivity contribution in [3.05, 3.63) is 0 Å². The summed E-state index contributed by atoms with van der Waals surface area (Å²) in [6, 6.07) is 0. The minimum atomic E-state index is -0.0714. The van der Waals surface area contributed by atoms with Gasteiger partial charge < -0.3 is 0 Å². The fourth-order valence-electron chi connectivity index (χ4n) is 2.86. The Balaban J connectivity index is 2.67. The van der Waals surface area contributed by atoms with Gasteiger partial charge in [-0.05, 0) is 25.2 Å². The van der Waals surface area contributed by atoms with Crippen LogP contribution in [0.5, 0.6) is 0 Å². The molecule has 1 nitrogen and oxygen atoms in total. The highest BCUT2D eigenvalue weighted by Gasteiger charge is 2.38. The van der Waals surface area contributed by atoms with Gasteiger partial charge in [-0.15, -0.1) is 12.6 Å². The first-order valence-corrected chi connectivity index (χ1v) is 6.82. The van der Waals surface area contributed by atoms with Crippen LogP contribution in [-0.2, 0) is 4.79 Å². The van der Waals surface area contributed by atoms with Crippen LogP contribution in [0.2, 0.25) is 0 Å². The zero-order chi connectivity index (χ0) is 11.3. The molecule has 1 aliphatic rings. The molecular weight excluding hydrogens is 204 g/mol. The van der Waals surface area contributed by atoms with Crippen molar-refractivity contribution in [2.75, 3.05) is 0 Å². The van der Waals surface area contributed by atoms with Gasteiger partial charge >= 0.3 is 0 Å². The summed E-state index contributed by atoms with van der Waals surface area (Å²) in [5.74, 6) is 0.708. The Morgan fingerprint density at radius 1 is 1.20 bits per heavy atom. The summed E-state index contributed by atoms with van der Waals surface area (Å²) in [7, 11) is 0. The molecule has 0 N–H and O–H groups in total. The van der Waals surface area contributed by atoms with Gasteiger partial charge in [-0.1, -0.05) is 46.0 Å². The van der Waals surface area contributed by atoms with Gasteiger partial charge in [-0.2, -0.15) is 0 Å². The smallest absolute Gasteiger partial charge is 0.192 e. The fourth-order valence-corrected chi connectivity index (χ4v) is 3.18. The van der Waals surface area contributed by atoms with E-state index in [-0.39, 0.29) is 10.5 Å². The summed E-state index contributed by atoms with van der Waals surface area (Å²) in [4.78, 5) is 11.8. The Kier molecular flexibility index (Phi) is 5.17. The third-order valence-electron chi connectivity index (χ3n) is 4.10. The van der Waals surface area contributed by atoms with Gasteiger partial charge in [0, 0.05) is 5.41 Å². The molecule has 1 rings (SSSR count). The number of hydrogen-bond donors (Lipinski definition) is 1. The molecular formula is C13H24OS. The average molecular weight is 228 g/mol. The van der Waals surface area contributed by atoms with Crippen molar-refractivity contribution in [3.63, 3.8) is 0 Å². The number of hydrogen-bond acceptors (Lipinski definition) is 1. The van der Waals surface area contributed by atoms with E-state index in [0.29, 0.717) is 5.92 Å². The average Bonchev–Trinajstić information content (AvgIpc) is 2.27. The van der Waals surface area contributed by atoms with E-state index in [1.165, 1.54) is 32.1 Å². The van der Waals surface area contributed by atoms with Crippen LogP contribution in [0.15, 0.2) is 0 Å². The summed E-state index contributed by atoms with van der Waals surface area (Å²) in [6.45, 7) is 4.46. The summed E-state index contributed by atoms with van der Waals surface area (Å²) >= 11 is 4.14. The molecule has 0 amide bonds. The van der Waals surface area contributed by atoms with E-state index in [1.807, 2.05) is 0 Å². The Labute approximate surface area is 99.4 Å². The van der Waals surface area contributed by atoms with Crippen molar-refractivity contribution in [2.45, 2.75) is 65.2 Å². The van der Waals surface area contributed by atoms with Gasteiger partial charge in [0.2, 0.25) is 0 Å². The maximum absolute atomic E-state index is 11.8. The van der Waals surface area contributed by atoms with Gasteiger partial charge in [0.25, 0.3) is 0 Å². The van der Waals surface area contributed by atoms with Gasteiger partial charge in [0.05, 0.1) is 0 Å². The quantitative estimate of drug-likeness (QED) is 0.697. The second kappa shape index (κ2) is 5.93. The van der Waals surface area contributed by atoms with Crippen LogP contribution in [0.3, 0.4) is 0 Å². The molecule has 2 heteroatoms. The molecule has 0 bridgehead atoms. The first kappa shape index (κ1) is 13.1. The third kappa shape index (κ3) is 3.24. The molecule has 1 saturated carbocycles. The van der Waals surface area contributed by atoms with Crippen LogP contribution >= 0.6 is 12.6 Å². The predicted molar refractivity (Wildman–Crippen MR) is 68.2 cm³/mol. The first-order chi connectivity index (χ1) is 7.14. The lowest BCUT2D eigenvalue weighted by Gasteiger charge is -2.37. The van der Waals surface area contributed by atoms with E-state index in [1.54, 1.807) is 0 Å². The lowest BCUT2D eigenvalue weighted by atomic mass is 9.69. The molecule has 0 aromatic heterocycles. The summed E-state index contributed by atoms with van der Waals surface area (Å²) in [6.07, 6.45) is 9.34. The van der Waals surface area contributed by atoms with E-state index in [2.05, 4.69) is 26.5 Å². The second-order valence-corrected chi connectivity index (χ2v) is 5.44. The van der Waals surface area contributed by atoms with Crippen molar-refractivity contribution < 1.29 is 4.79 Å². The first-order valence-electron chi connectivity index (χ1n) is 6.38. The molecule has 0 unspecified atom stereocenters.